The van der Waals surface area contributed by atoms with Gasteiger partial charge in [0.25, 0.3) is 5.91 Å². The van der Waals surface area contributed by atoms with Crippen molar-refractivity contribution < 1.29 is 9.59 Å². The third-order valence-corrected chi connectivity index (χ3v) is 5.41. The van der Waals surface area contributed by atoms with Crippen molar-refractivity contribution in [2.24, 2.45) is 0 Å². The molecule has 1 saturated heterocycles. The van der Waals surface area contributed by atoms with Crippen molar-refractivity contribution in [2.45, 2.75) is 45.8 Å². The van der Waals surface area contributed by atoms with Crippen LogP contribution in [0.15, 0.2) is 24.3 Å². The first-order chi connectivity index (χ1) is 13.0. The summed E-state index contributed by atoms with van der Waals surface area (Å²) in [5.41, 5.74) is 2.24. The average Bonchev–Trinajstić information content (AvgIpc) is 3.09. The van der Waals surface area contributed by atoms with Crippen LogP contribution < -0.4 is 10.6 Å². The van der Waals surface area contributed by atoms with E-state index in [0.29, 0.717) is 18.1 Å². The number of nitrogens with zero attached hydrogens (tertiary/aromatic N) is 3. The number of piperidine rings is 1. The van der Waals surface area contributed by atoms with Crippen LogP contribution in [0.4, 0.5) is 0 Å². The maximum Gasteiger partial charge on any atom is 0.282 e. The Kier molecular flexibility index (Phi) is 6.52. The number of aromatic nitrogens is 2. The molecule has 0 aliphatic carbocycles. The number of benzene rings is 1. The quantitative estimate of drug-likeness (QED) is 0.790. The highest BCUT2D eigenvalue weighted by atomic mass is 32.1. The molecule has 3 rings (SSSR count). The zero-order valence-corrected chi connectivity index (χ0v) is 16.5. The molecular formula is C19H25N5O2S. The van der Waals surface area contributed by atoms with E-state index in [0.717, 1.165) is 36.5 Å². The molecule has 1 aliphatic rings. The maximum atomic E-state index is 12.3. The van der Waals surface area contributed by atoms with Crippen molar-refractivity contribution in [3.05, 3.63) is 45.4 Å². The second-order valence-corrected chi connectivity index (χ2v) is 8.01. The van der Waals surface area contributed by atoms with Crippen LogP contribution >= 0.6 is 11.3 Å². The molecule has 1 unspecified atom stereocenters. The highest BCUT2D eigenvalue weighted by Gasteiger charge is 2.22. The van der Waals surface area contributed by atoms with Gasteiger partial charge in [-0.05, 0) is 31.9 Å². The van der Waals surface area contributed by atoms with Gasteiger partial charge in [-0.15, -0.1) is 10.2 Å². The monoisotopic (exact) mass is 387 g/mol. The Morgan fingerprint density at radius 1 is 1.26 bits per heavy atom. The summed E-state index contributed by atoms with van der Waals surface area (Å²) >= 11 is 1.32. The van der Waals surface area contributed by atoms with Crippen LogP contribution in [-0.2, 0) is 17.9 Å². The van der Waals surface area contributed by atoms with E-state index in [1.54, 1.807) is 6.92 Å². The second kappa shape index (κ2) is 9.05. The minimum atomic E-state index is -0.200. The zero-order chi connectivity index (χ0) is 19.2. The minimum Gasteiger partial charge on any atom is -0.352 e. The molecule has 0 saturated carbocycles. The van der Waals surface area contributed by atoms with Crippen molar-refractivity contribution in [1.29, 1.82) is 0 Å². The van der Waals surface area contributed by atoms with Crippen LogP contribution in [0.5, 0.6) is 0 Å². The number of rotatable bonds is 6. The molecular weight excluding hydrogens is 362 g/mol. The van der Waals surface area contributed by atoms with Crippen LogP contribution in [0, 0.1) is 6.92 Å². The molecule has 8 heteroatoms. The smallest absolute Gasteiger partial charge is 0.282 e. The molecule has 0 bridgehead atoms. The van der Waals surface area contributed by atoms with Gasteiger partial charge in [-0.1, -0.05) is 41.2 Å². The Bertz CT molecular complexity index is 790. The van der Waals surface area contributed by atoms with Gasteiger partial charge in [0, 0.05) is 26.1 Å². The summed E-state index contributed by atoms with van der Waals surface area (Å²) in [7, 11) is 0. The van der Waals surface area contributed by atoms with Crippen LogP contribution in [0.2, 0.25) is 0 Å². The average molecular weight is 388 g/mol. The number of likely N-dealkylation sites (tertiary alicyclic amines) is 1. The first kappa shape index (κ1) is 19.4. The van der Waals surface area contributed by atoms with E-state index in [1.807, 2.05) is 31.2 Å². The standard InChI is InChI=1S/C19H25N5O2S/c1-13-5-7-15(8-6-13)10-20-18(26)19-23-22-17(27-19)12-24-9-3-4-16(11-24)21-14(2)25/h5-8,16H,3-4,9-12H2,1-2H3,(H,20,26)(H,21,25). The number of aryl methyl sites for hydroxylation is 1. The first-order valence-corrected chi connectivity index (χ1v) is 9.97. The van der Waals surface area contributed by atoms with Crippen molar-refractivity contribution in [3.8, 4) is 0 Å². The van der Waals surface area contributed by atoms with E-state index in [2.05, 4.69) is 25.7 Å². The number of nitrogens with one attached hydrogen (secondary N) is 2. The van der Waals surface area contributed by atoms with Crippen LogP contribution in [0.25, 0.3) is 0 Å². The fourth-order valence-corrected chi connectivity index (χ4v) is 3.97. The third kappa shape index (κ3) is 5.83. The van der Waals surface area contributed by atoms with Gasteiger partial charge < -0.3 is 10.6 Å². The van der Waals surface area contributed by atoms with Crippen LogP contribution in [0.1, 0.15) is 45.7 Å². The molecule has 1 aromatic heterocycles. The molecule has 2 heterocycles. The maximum absolute atomic E-state index is 12.3. The summed E-state index contributed by atoms with van der Waals surface area (Å²) < 4.78 is 0. The highest BCUT2D eigenvalue weighted by molar-refractivity contribution is 7.13. The van der Waals surface area contributed by atoms with Crippen LogP contribution in [0.3, 0.4) is 0 Å². The molecule has 1 fully saturated rings. The van der Waals surface area contributed by atoms with Gasteiger partial charge in [-0.2, -0.15) is 0 Å². The SMILES string of the molecule is CC(=O)NC1CCCN(Cc2nnc(C(=O)NCc3ccc(C)cc3)s2)C1. The fraction of sp³-hybridized carbons (Fsp3) is 0.474. The predicted octanol–water partition coefficient (Wildman–Crippen LogP) is 1.88. The van der Waals surface area contributed by atoms with Gasteiger partial charge >= 0.3 is 0 Å². The number of carbonyl (C=O) groups is 2. The lowest BCUT2D eigenvalue weighted by Gasteiger charge is -2.32. The van der Waals surface area contributed by atoms with E-state index in [-0.39, 0.29) is 17.9 Å². The Balaban J connectivity index is 1.50. The Hall–Kier alpha value is -2.32. The normalized spacial score (nSPS) is 17.5. The van der Waals surface area contributed by atoms with Gasteiger partial charge in [0.05, 0.1) is 6.54 Å². The fourth-order valence-electron chi connectivity index (χ4n) is 3.17. The first-order valence-electron chi connectivity index (χ1n) is 9.15. The van der Waals surface area contributed by atoms with Crippen molar-refractivity contribution in [3.63, 3.8) is 0 Å². The molecule has 1 aromatic carbocycles. The van der Waals surface area contributed by atoms with Gasteiger partial charge in [0.15, 0.2) is 0 Å². The molecule has 7 nitrogen and oxygen atoms in total. The number of hydrogen-bond acceptors (Lipinski definition) is 6. The topological polar surface area (TPSA) is 87.2 Å². The lowest BCUT2D eigenvalue weighted by Crippen LogP contribution is -2.46. The van der Waals surface area contributed by atoms with Crippen molar-refractivity contribution in [2.75, 3.05) is 13.1 Å². The molecule has 1 aliphatic heterocycles. The minimum absolute atomic E-state index is 0.00491. The van der Waals surface area contributed by atoms with E-state index in [9.17, 15) is 9.59 Å². The van der Waals surface area contributed by atoms with Crippen molar-refractivity contribution in [1.82, 2.24) is 25.7 Å². The molecule has 144 valence electrons. The van der Waals surface area contributed by atoms with Gasteiger partial charge in [0.1, 0.15) is 5.01 Å². The van der Waals surface area contributed by atoms with Crippen LogP contribution in [-0.4, -0.2) is 46.0 Å². The third-order valence-electron chi connectivity index (χ3n) is 4.51. The lowest BCUT2D eigenvalue weighted by molar-refractivity contribution is -0.120. The largest absolute Gasteiger partial charge is 0.352 e. The zero-order valence-electron chi connectivity index (χ0n) is 15.7. The summed E-state index contributed by atoms with van der Waals surface area (Å²) in [4.78, 5) is 25.8. The summed E-state index contributed by atoms with van der Waals surface area (Å²) in [6, 6.07) is 8.24. The van der Waals surface area contributed by atoms with Gasteiger partial charge in [0.2, 0.25) is 10.9 Å². The predicted molar refractivity (Wildman–Crippen MR) is 104 cm³/mol. The summed E-state index contributed by atoms with van der Waals surface area (Å²) in [6.45, 7) is 6.47. The number of amides is 2. The van der Waals surface area contributed by atoms with E-state index >= 15 is 0 Å². The van der Waals surface area contributed by atoms with Gasteiger partial charge in [-0.3, -0.25) is 14.5 Å². The molecule has 0 spiro atoms. The Labute approximate surface area is 163 Å². The van der Waals surface area contributed by atoms with Crippen molar-refractivity contribution >= 4 is 23.2 Å². The van der Waals surface area contributed by atoms with E-state index in [1.165, 1.54) is 16.9 Å². The molecule has 2 N–H and O–H groups in total. The molecule has 1 atom stereocenters. The molecule has 27 heavy (non-hydrogen) atoms. The van der Waals surface area contributed by atoms with E-state index < -0.39 is 0 Å². The Morgan fingerprint density at radius 2 is 2.04 bits per heavy atom. The molecule has 0 radical (unpaired) electrons. The molecule has 2 amide bonds. The second-order valence-electron chi connectivity index (χ2n) is 6.94. The summed E-state index contributed by atoms with van der Waals surface area (Å²) in [6.07, 6.45) is 2.03. The van der Waals surface area contributed by atoms with Gasteiger partial charge in [-0.25, -0.2) is 0 Å². The number of hydrogen-bond donors (Lipinski definition) is 2. The van der Waals surface area contributed by atoms with E-state index in [4.69, 9.17) is 0 Å². The summed E-state index contributed by atoms with van der Waals surface area (Å²) in [5, 5.41) is 15.3. The highest BCUT2D eigenvalue weighted by Crippen LogP contribution is 2.17. The molecule has 2 aromatic rings. The lowest BCUT2D eigenvalue weighted by atomic mass is 10.1. The Morgan fingerprint density at radius 3 is 2.78 bits per heavy atom. The number of carbonyl (C=O) groups excluding carboxylic acids is 2. The summed E-state index contributed by atoms with van der Waals surface area (Å²) in [5.74, 6) is -0.195.